The lowest BCUT2D eigenvalue weighted by molar-refractivity contribution is -0.138. The number of hydrogen-bond donors (Lipinski definition) is 2. The maximum absolute atomic E-state index is 12.4. The summed E-state index contributed by atoms with van der Waals surface area (Å²) in [7, 11) is 0. The summed E-state index contributed by atoms with van der Waals surface area (Å²) in [6.07, 6.45) is 1.47. The maximum Gasteiger partial charge on any atom is 0.336 e. The molecule has 1 aliphatic rings. The number of amides is 1. The number of primary amides is 1. The lowest BCUT2D eigenvalue weighted by Crippen LogP contribution is -2.29. The monoisotopic (exact) mass is 347 g/mol. The van der Waals surface area contributed by atoms with Crippen molar-refractivity contribution in [1.29, 1.82) is 5.26 Å². The standard InChI is InChI=1S/C16H17N3O4S/c1-3-22-16(21)13-9(2)19-15(24-8-12(18)20)10(7-17)14(13)11-5-4-6-23-11/h4-6,14,19H,3,8H2,1-2H3,(H2,18,20)/t14-/m0/s1. The number of dihydropyridines is 1. The molecule has 1 atom stereocenters. The molecule has 8 heteroatoms. The molecule has 2 heterocycles. The van der Waals surface area contributed by atoms with E-state index in [1.807, 2.05) is 0 Å². The molecule has 0 saturated carbocycles. The number of nitrogens with one attached hydrogen (secondary N) is 1. The van der Waals surface area contributed by atoms with Crippen molar-refractivity contribution in [1.82, 2.24) is 5.32 Å². The molecule has 1 aromatic rings. The third kappa shape index (κ3) is 3.63. The SMILES string of the molecule is CCOC(=O)C1=C(C)NC(SCC(N)=O)=C(C#N)[C@H]1c1ccco1. The van der Waals surface area contributed by atoms with E-state index in [1.165, 1.54) is 6.26 Å². The highest BCUT2D eigenvalue weighted by Gasteiger charge is 2.37. The zero-order valence-electron chi connectivity index (χ0n) is 13.3. The molecule has 1 aliphatic heterocycles. The summed E-state index contributed by atoms with van der Waals surface area (Å²) in [6.45, 7) is 3.64. The van der Waals surface area contributed by atoms with Gasteiger partial charge in [-0.2, -0.15) is 5.26 Å². The van der Waals surface area contributed by atoms with E-state index >= 15 is 0 Å². The number of hydrogen-bond acceptors (Lipinski definition) is 7. The van der Waals surface area contributed by atoms with Crippen molar-refractivity contribution >= 4 is 23.6 Å². The topological polar surface area (TPSA) is 118 Å². The van der Waals surface area contributed by atoms with Gasteiger partial charge >= 0.3 is 5.97 Å². The molecule has 1 aromatic heterocycles. The first-order chi connectivity index (χ1) is 11.5. The second kappa shape index (κ2) is 7.75. The molecule has 0 aliphatic carbocycles. The van der Waals surface area contributed by atoms with Crippen LogP contribution < -0.4 is 11.1 Å². The number of carbonyl (C=O) groups excluding carboxylic acids is 2. The molecular formula is C16H17N3O4S. The molecule has 0 saturated heterocycles. The molecule has 0 unspecified atom stereocenters. The predicted molar refractivity (Wildman–Crippen MR) is 88.2 cm³/mol. The highest BCUT2D eigenvalue weighted by Crippen LogP contribution is 2.40. The van der Waals surface area contributed by atoms with Crippen molar-refractivity contribution in [3.63, 3.8) is 0 Å². The number of carbonyl (C=O) groups is 2. The average molecular weight is 347 g/mol. The van der Waals surface area contributed by atoms with Crippen LogP contribution in [-0.2, 0) is 14.3 Å². The van der Waals surface area contributed by atoms with Gasteiger partial charge in [0.25, 0.3) is 0 Å². The van der Waals surface area contributed by atoms with Gasteiger partial charge in [0, 0.05) is 5.70 Å². The second-order valence-electron chi connectivity index (χ2n) is 4.94. The summed E-state index contributed by atoms with van der Waals surface area (Å²) in [4.78, 5) is 23.4. The predicted octanol–water partition coefficient (Wildman–Crippen LogP) is 1.76. The molecule has 126 valence electrons. The van der Waals surface area contributed by atoms with Crippen molar-refractivity contribution < 1.29 is 18.7 Å². The van der Waals surface area contributed by atoms with Gasteiger partial charge in [-0.1, -0.05) is 11.8 Å². The first kappa shape index (κ1) is 17.7. The number of nitriles is 1. The number of furan rings is 1. The third-order valence-corrected chi connectivity index (χ3v) is 4.37. The summed E-state index contributed by atoms with van der Waals surface area (Å²) in [5.41, 5.74) is 6.31. The van der Waals surface area contributed by atoms with Crippen molar-refractivity contribution in [2.24, 2.45) is 5.73 Å². The van der Waals surface area contributed by atoms with Gasteiger partial charge in [-0.25, -0.2) is 4.79 Å². The Kier molecular flexibility index (Phi) is 5.71. The van der Waals surface area contributed by atoms with E-state index in [2.05, 4.69) is 11.4 Å². The van der Waals surface area contributed by atoms with Crippen LogP contribution in [0.15, 0.2) is 44.7 Å². The Morgan fingerprint density at radius 1 is 1.54 bits per heavy atom. The number of nitrogens with two attached hydrogens (primary N) is 1. The van der Waals surface area contributed by atoms with Gasteiger partial charge in [-0.05, 0) is 26.0 Å². The fraction of sp³-hybridized carbons (Fsp3) is 0.312. The molecule has 0 bridgehead atoms. The summed E-state index contributed by atoms with van der Waals surface area (Å²) >= 11 is 1.11. The quantitative estimate of drug-likeness (QED) is 0.753. The molecule has 0 radical (unpaired) electrons. The number of ether oxygens (including phenoxy) is 1. The van der Waals surface area contributed by atoms with Gasteiger partial charge in [-0.15, -0.1) is 0 Å². The summed E-state index contributed by atoms with van der Waals surface area (Å²) in [5, 5.41) is 13.1. The second-order valence-corrected chi connectivity index (χ2v) is 5.93. The van der Waals surface area contributed by atoms with Gasteiger partial charge in [0.1, 0.15) is 5.76 Å². The molecule has 2 rings (SSSR count). The van der Waals surface area contributed by atoms with Crippen LogP contribution in [-0.4, -0.2) is 24.2 Å². The Balaban J connectivity index is 2.51. The summed E-state index contributed by atoms with van der Waals surface area (Å²) in [5.74, 6) is -1.25. The van der Waals surface area contributed by atoms with Crippen LogP contribution in [0.5, 0.6) is 0 Å². The van der Waals surface area contributed by atoms with E-state index in [0.717, 1.165) is 11.8 Å². The first-order valence-corrected chi connectivity index (χ1v) is 8.21. The van der Waals surface area contributed by atoms with E-state index in [1.54, 1.807) is 26.0 Å². The van der Waals surface area contributed by atoms with Crippen LogP contribution in [0.25, 0.3) is 0 Å². The smallest absolute Gasteiger partial charge is 0.336 e. The summed E-state index contributed by atoms with van der Waals surface area (Å²) in [6, 6.07) is 5.48. The van der Waals surface area contributed by atoms with Gasteiger partial charge < -0.3 is 20.2 Å². The third-order valence-electron chi connectivity index (χ3n) is 3.33. The van der Waals surface area contributed by atoms with Gasteiger partial charge in [0.2, 0.25) is 5.91 Å². The Bertz CT molecular complexity index is 744. The number of rotatable bonds is 6. The van der Waals surface area contributed by atoms with Crippen LogP contribution in [0.2, 0.25) is 0 Å². The highest BCUT2D eigenvalue weighted by atomic mass is 32.2. The van der Waals surface area contributed by atoms with E-state index in [9.17, 15) is 14.9 Å². The fourth-order valence-electron chi connectivity index (χ4n) is 2.39. The van der Waals surface area contributed by atoms with Crippen molar-refractivity contribution in [2.45, 2.75) is 19.8 Å². The molecule has 0 fully saturated rings. The Labute approximate surface area is 143 Å². The molecule has 0 spiro atoms. The largest absolute Gasteiger partial charge is 0.468 e. The van der Waals surface area contributed by atoms with Crippen LogP contribution in [0.1, 0.15) is 25.5 Å². The van der Waals surface area contributed by atoms with Crippen molar-refractivity contribution in [3.8, 4) is 6.07 Å². The molecule has 24 heavy (non-hydrogen) atoms. The van der Waals surface area contributed by atoms with Crippen LogP contribution in [0.4, 0.5) is 0 Å². The number of nitrogens with zero attached hydrogens (tertiary/aromatic N) is 1. The maximum atomic E-state index is 12.4. The molecule has 1 amide bonds. The normalized spacial score (nSPS) is 17.3. The fourth-order valence-corrected chi connectivity index (χ4v) is 3.22. The zero-order chi connectivity index (χ0) is 17.7. The highest BCUT2D eigenvalue weighted by molar-refractivity contribution is 8.03. The van der Waals surface area contributed by atoms with E-state index in [-0.39, 0.29) is 17.9 Å². The van der Waals surface area contributed by atoms with Crippen molar-refractivity contribution in [3.05, 3.63) is 46.0 Å². The molecule has 3 N–H and O–H groups in total. The molecule has 7 nitrogen and oxygen atoms in total. The molecular weight excluding hydrogens is 330 g/mol. The minimum absolute atomic E-state index is 0.0143. The minimum Gasteiger partial charge on any atom is -0.468 e. The first-order valence-electron chi connectivity index (χ1n) is 7.23. The molecule has 0 aromatic carbocycles. The zero-order valence-corrected chi connectivity index (χ0v) is 14.1. The van der Waals surface area contributed by atoms with E-state index < -0.39 is 17.8 Å². The number of esters is 1. The van der Waals surface area contributed by atoms with Gasteiger partial charge in [-0.3, -0.25) is 4.79 Å². The Hall–Kier alpha value is -2.66. The van der Waals surface area contributed by atoms with E-state index in [4.69, 9.17) is 14.9 Å². The lowest BCUT2D eigenvalue weighted by atomic mass is 9.86. The summed E-state index contributed by atoms with van der Waals surface area (Å²) < 4.78 is 10.5. The van der Waals surface area contributed by atoms with Gasteiger partial charge in [0.05, 0.1) is 46.8 Å². The van der Waals surface area contributed by atoms with Crippen LogP contribution in [0.3, 0.4) is 0 Å². The Morgan fingerprint density at radius 2 is 2.29 bits per heavy atom. The van der Waals surface area contributed by atoms with Gasteiger partial charge in [0.15, 0.2) is 0 Å². The van der Waals surface area contributed by atoms with Crippen LogP contribution >= 0.6 is 11.8 Å². The number of allylic oxidation sites excluding steroid dienone is 2. The Morgan fingerprint density at radius 3 is 2.83 bits per heavy atom. The van der Waals surface area contributed by atoms with Crippen molar-refractivity contribution in [2.75, 3.05) is 12.4 Å². The number of thioether (sulfide) groups is 1. The van der Waals surface area contributed by atoms with E-state index in [0.29, 0.717) is 22.1 Å². The minimum atomic E-state index is -0.694. The lowest BCUT2D eigenvalue weighted by Gasteiger charge is -2.27. The average Bonchev–Trinajstić information content (AvgIpc) is 3.06. The van der Waals surface area contributed by atoms with Crippen LogP contribution in [0, 0.1) is 11.3 Å².